The number of nitrogens with one attached hydrogen (secondary N) is 1. The quantitative estimate of drug-likeness (QED) is 0.401. The van der Waals surface area contributed by atoms with Gasteiger partial charge in [-0.15, -0.1) is 0 Å². The van der Waals surface area contributed by atoms with Gasteiger partial charge in [-0.3, -0.25) is 9.10 Å². The van der Waals surface area contributed by atoms with E-state index in [-0.39, 0.29) is 10.7 Å². The number of carbonyl (C=O) groups excluding carboxylic acids is 1. The Morgan fingerprint density at radius 1 is 1.00 bits per heavy atom. The Labute approximate surface area is 192 Å². The molecule has 9 heteroatoms. The number of hydrazone groups is 1. The van der Waals surface area contributed by atoms with Gasteiger partial charge in [0.15, 0.2) is 0 Å². The molecular weight excluding hydrogens is 445 g/mol. The smallest absolute Gasteiger partial charge is 0.264 e. The van der Waals surface area contributed by atoms with Gasteiger partial charge in [-0.2, -0.15) is 5.10 Å². The molecule has 1 amide bonds. The lowest BCUT2D eigenvalue weighted by Gasteiger charge is -2.24. The third-order valence-electron chi connectivity index (χ3n) is 4.87. The number of amides is 1. The number of carbonyl (C=O) groups is 1. The second kappa shape index (κ2) is 10.3. The molecule has 0 unspecified atom stereocenters. The number of aryl methyl sites for hydroxylation is 1. The second-order valence-corrected chi connectivity index (χ2v) is 9.12. The van der Waals surface area contributed by atoms with Crippen molar-refractivity contribution < 1.29 is 22.3 Å². The van der Waals surface area contributed by atoms with Crippen LogP contribution in [0.15, 0.2) is 82.8 Å². The summed E-state index contributed by atoms with van der Waals surface area (Å²) in [4.78, 5) is 12.7. The molecule has 0 aliphatic heterocycles. The van der Waals surface area contributed by atoms with Crippen LogP contribution in [0.1, 0.15) is 18.1 Å². The molecule has 0 aliphatic carbocycles. The average molecular weight is 470 g/mol. The molecule has 0 bridgehead atoms. The summed E-state index contributed by atoms with van der Waals surface area (Å²) in [6, 6.07) is 18.4. The molecule has 33 heavy (non-hydrogen) atoms. The predicted molar refractivity (Wildman–Crippen MR) is 125 cm³/mol. The molecule has 172 valence electrons. The molecule has 0 fully saturated rings. The number of rotatable bonds is 8. The van der Waals surface area contributed by atoms with Gasteiger partial charge in [0.1, 0.15) is 18.1 Å². The van der Waals surface area contributed by atoms with Crippen molar-refractivity contribution in [2.24, 2.45) is 5.10 Å². The van der Waals surface area contributed by atoms with Crippen molar-refractivity contribution in [3.8, 4) is 5.75 Å². The zero-order valence-corrected chi connectivity index (χ0v) is 19.3. The minimum atomic E-state index is -4.04. The van der Waals surface area contributed by atoms with Gasteiger partial charge in [0.05, 0.1) is 23.4 Å². The van der Waals surface area contributed by atoms with E-state index in [4.69, 9.17) is 4.74 Å². The lowest BCUT2D eigenvalue weighted by atomic mass is 10.1. The van der Waals surface area contributed by atoms with Crippen LogP contribution in [0, 0.1) is 12.7 Å². The summed E-state index contributed by atoms with van der Waals surface area (Å²) in [5.74, 6) is -0.467. The Balaban J connectivity index is 1.87. The van der Waals surface area contributed by atoms with Crippen molar-refractivity contribution in [2.75, 3.05) is 18.0 Å². The van der Waals surface area contributed by atoms with Gasteiger partial charge in [0.2, 0.25) is 0 Å². The summed E-state index contributed by atoms with van der Waals surface area (Å²) in [5, 5.41) is 4.02. The molecule has 0 saturated heterocycles. The topological polar surface area (TPSA) is 88.1 Å². The summed E-state index contributed by atoms with van der Waals surface area (Å²) < 4.78 is 46.0. The van der Waals surface area contributed by atoms with Crippen LogP contribution in [-0.4, -0.2) is 33.7 Å². The molecular formula is C24H24FN3O4S. The standard InChI is InChI=1S/C24H24FN3O4S/c1-17-4-14-23(15-5-17)33(30,31)28(21-10-12-22(32-3)13-11-21)16-24(29)27-26-18(2)19-6-8-20(25)9-7-19/h4-15H,16H2,1-3H3,(H,27,29)/b26-18-. The number of hydrogen-bond acceptors (Lipinski definition) is 5. The number of ether oxygens (including phenoxy) is 1. The molecule has 0 heterocycles. The first kappa shape index (κ1) is 23.9. The third-order valence-corrected chi connectivity index (χ3v) is 6.65. The predicted octanol–water partition coefficient (Wildman–Crippen LogP) is 3.88. The minimum Gasteiger partial charge on any atom is -0.497 e. The van der Waals surface area contributed by atoms with E-state index in [1.54, 1.807) is 43.3 Å². The van der Waals surface area contributed by atoms with Crippen molar-refractivity contribution in [2.45, 2.75) is 18.7 Å². The van der Waals surface area contributed by atoms with Crippen LogP contribution in [0.2, 0.25) is 0 Å². The molecule has 7 nitrogen and oxygen atoms in total. The van der Waals surface area contributed by atoms with E-state index in [0.717, 1.165) is 9.87 Å². The summed E-state index contributed by atoms with van der Waals surface area (Å²) in [6.07, 6.45) is 0. The Bertz CT molecular complexity index is 1240. The largest absolute Gasteiger partial charge is 0.497 e. The van der Waals surface area contributed by atoms with Crippen molar-refractivity contribution >= 4 is 27.3 Å². The number of halogens is 1. The van der Waals surface area contributed by atoms with Gasteiger partial charge in [0, 0.05) is 0 Å². The van der Waals surface area contributed by atoms with E-state index in [0.29, 0.717) is 22.7 Å². The third kappa shape index (κ3) is 5.95. The highest BCUT2D eigenvalue weighted by Gasteiger charge is 2.27. The van der Waals surface area contributed by atoms with E-state index >= 15 is 0 Å². The van der Waals surface area contributed by atoms with Crippen LogP contribution in [0.25, 0.3) is 0 Å². The number of anilines is 1. The second-order valence-electron chi connectivity index (χ2n) is 7.26. The van der Waals surface area contributed by atoms with Crippen molar-refractivity contribution in [1.82, 2.24) is 5.43 Å². The maximum Gasteiger partial charge on any atom is 0.264 e. The summed E-state index contributed by atoms with van der Waals surface area (Å²) in [5.41, 5.74) is 4.65. The van der Waals surface area contributed by atoms with Crippen LogP contribution in [0.4, 0.5) is 10.1 Å². The number of hydrogen-bond donors (Lipinski definition) is 1. The molecule has 1 N–H and O–H groups in total. The maximum absolute atomic E-state index is 13.4. The molecule has 0 atom stereocenters. The fourth-order valence-corrected chi connectivity index (χ4v) is 4.39. The Kier molecular flexibility index (Phi) is 7.44. The summed E-state index contributed by atoms with van der Waals surface area (Å²) in [7, 11) is -2.53. The zero-order valence-electron chi connectivity index (χ0n) is 18.4. The van der Waals surface area contributed by atoms with Crippen LogP contribution in [0.3, 0.4) is 0 Å². The van der Waals surface area contributed by atoms with Crippen LogP contribution in [0.5, 0.6) is 5.75 Å². The number of sulfonamides is 1. The normalized spacial score (nSPS) is 11.7. The number of benzene rings is 3. The Morgan fingerprint density at radius 3 is 2.18 bits per heavy atom. The molecule has 3 rings (SSSR count). The van der Waals surface area contributed by atoms with E-state index in [2.05, 4.69) is 10.5 Å². The van der Waals surface area contributed by atoms with Gasteiger partial charge in [-0.1, -0.05) is 29.8 Å². The highest BCUT2D eigenvalue weighted by Crippen LogP contribution is 2.26. The first-order valence-corrected chi connectivity index (χ1v) is 11.5. The van der Waals surface area contributed by atoms with E-state index in [1.807, 2.05) is 6.92 Å². The highest BCUT2D eigenvalue weighted by molar-refractivity contribution is 7.92. The maximum atomic E-state index is 13.4. The fraction of sp³-hybridized carbons (Fsp3) is 0.167. The molecule has 0 radical (unpaired) electrons. The van der Waals surface area contributed by atoms with E-state index in [1.165, 1.54) is 43.5 Å². The van der Waals surface area contributed by atoms with Gasteiger partial charge in [-0.25, -0.2) is 18.2 Å². The van der Waals surface area contributed by atoms with Crippen LogP contribution in [-0.2, 0) is 14.8 Å². The lowest BCUT2D eigenvalue weighted by molar-refractivity contribution is -0.119. The molecule has 3 aromatic rings. The number of methoxy groups -OCH3 is 1. The van der Waals surface area contributed by atoms with Gasteiger partial charge in [-0.05, 0) is 67.9 Å². The van der Waals surface area contributed by atoms with E-state index < -0.39 is 22.5 Å². The monoisotopic (exact) mass is 469 g/mol. The highest BCUT2D eigenvalue weighted by atomic mass is 32.2. The number of nitrogens with zero attached hydrogens (tertiary/aromatic N) is 2. The first-order chi connectivity index (χ1) is 15.7. The van der Waals surface area contributed by atoms with Crippen LogP contribution < -0.4 is 14.5 Å². The Morgan fingerprint density at radius 2 is 1.61 bits per heavy atom. The Hall–Kier alpha value is -3.72. The van der Waals surface area contributed by atoms with Crippen molar-refractivity contribution in [3.05, 3.63) is 89.7 Å². The molecule has 0 aliphatic rings. The summed E-state index contributed by atoms with van der Waals surface area (Å²) >= 11 is 0. The fourth-order valence-electron chi connectivity index (χ4n) is 2.97. The van der Waals surface area contributed by atoms with Crippen LogP contribution >= 0.6 is 0 Å². The lowest BCUT2D eigenvalue weighted by Crippen LogP contribution is -2.39. The average Bonchev–Trinajstić information content (AvgIpc) is 2.81. The van der Waals surface area contributed by atoms with E-state index in [9.17, 15) is 17.6 Å². The zero-order chi connectivity index (χ0) is 24.0. The van der Waals surface area contributed by atoms with Gasteiger partial charge >= 0.3 is 0 Å². The van der Waals surface area contributed by atoms with Crippen molar-refractivity contribution in [3.63, 3.8) is 0 Å². The molecule has 3 aromatic carbocycles. The van der Waals surface area contributed by atoms with Gasteiger partial charge < -0.3 is 4.74 Å². The summed E-state index contributed by atoms with van der Waals surface area (Å²) in [6.45, 7) is 3.01. The molecule has 0 saturated carbocycles. The first-order valence-electron chi connectivity index (χ1n) is 10.0. The van der Waals surface area contributed by atoms with Crippen molar-refractivity contribution in [1.29, 1.82) is 0 Å². The molecule has 0 spiro atoms. The SMILES string of the molecule is COc1ccc(N(CC(=O)N/N=C(/C)c2ccc(F)cc2)S(=O)(=O)c2ccc(C)cc2)cc1. The van der Waals surface area contributed by atoms with Gasteiger partial charge in [0.25, 0.3) is 15.9 Å². The minimum absolute atomic E-state index is 0.0581. The molecule has 0 aromatic heterocycles.